The first-order valence-electron chi connectivity index (χ1n) is 5.98. The minimum Gasteiger partial charge on any atom is -0.386 e. The zero-order chi connectivity index (χ0) is 13.0. The van der Waals surface area contributed by atoms with Crippen molar-refractivity contribution in [1.82, 2.24) is 14.5 Å². The second-order valence-electron chi connectivity index (χ2n) is 4.20. The Balaban J connectivity index is 2.14. The van der Waals surface area contributed by atoms with Crippen LogP contribution >= 0.6 is 11.6 Å². The van der Waals surface area contributed by atoms with Gasteiger partial charge in [-0.1, -0.05) is 18.5 Å². The van der Waals surface area contributed by atoms with E-state index in [0.29, 0.717) is 11.4 Å². The van der Waals surface area contributed by atoms with Gasteiger partial charge in [0.1, 0.15) is 0 Å². The van der Waals surface area contributed by atoms with Crippen LogP contribution in [0.3, 0.4) is 0 Å². The SMILES string of the molecule is CCCn1cncc1C(O)Cc1ccncc1Cl. The van der Waals surface area contributed by atoms with Crippen LogP contribution in [0.25, 0.3) is 0 Å². The van der Waals surface area contributed by atoms with Gasteiger partial charge in [0, 0.05) is 25.4 Å². The molecule has 0 fully saturated rings. The van der Waals surface area contributed by atoms with Gasteiger partial charge in [-0.2, -0.15) is 0 Å². The highest BCUT2D eigenvalue weighted by Crippen LogP contribution is 2.22. The molecule has 0 amide bonds. The number of aryl methyl sites for hydroxylation is 1. The van der Waals surface area contributed by atoms with E-state index < -0.39 is 6.10 Å². The van der Waals surface area contributed by atoms with Crippen LogP contribution in [0, 0.1) is 0 Å². The number of nitrogens with zero attached hydrogens (tertiary/aromatic N) is 3. The predicted molar refractivity (Wildman–Crippen MR) is 70.4 cm³/mol. The van der Waals surface area contributed by atoms with Gasteiger partial charge in [0.25, 0.3) is 0 Å². The van der Waals surface area contributed by atoms with E-state index in [2.05, 4.69) is 16.9 Å². The third-order valence-corrected chi connectivity index (χ3v) is 3.16. The topological polar surface area (TPSA) is 50.9 Å². The van der Waals surface area contributed by atoms with Crippen LogP contribution in [0.2, 0.25) is 5.02 Å². The molecule has 0 radical (unpaired) electrons. The monoisotopic (exact) mass is 265 g/mol. The summed E-state index contributed by atoms with van der Waals surface area (Å²) in [6.45, 7) is 2.95. The molecule has 0 aromatic carbocycles. The number of halogens is 1. The van der Waals surface area contributed by atoms with E-state index in [1.54, 1.807) is 24.9 Å². The summed E-state index contributed by atoms with van der Waals surface area (Å²) >= 11 is 6.03. The van der Waals surface area contributed by atoms with E-state index in [1.807, 2.05) is 10.6 Å². The number of rotatable bonds is 5. The zero-order valence-electron chi connectivity index (χ0n) is 10.3. The first kappa shape index (κ1) is 13.1. The van der Waals surface area contributed by atoms with Crippen LogP contribution in [-0.4, -0.2) is 19.6 Å². The molecule has 18 heavy (non-hydrogen) atoms. The largest absolute Gasteiger partial charge is 0.386 e. The molecule has 2 rings (SSSR count). The number of aliphatic hydroxyl groups excluding tert-OH is 1. The number of aromatic nitrogens is 3. The number of pyridine rings is 1. The molecule has 0 bridgehead atoms. The van der Waals surface area contributed by atoms with Crippen molar-refractivity contribution < 1.29 is 5.11 Å². The van der Waals surface area contributed by atoms with Crippen molar-refractivity contribution in [3.05, 3.63) is 47.3 Å². The molecular weight excluding hydrogens is 250 g/mol. The fourth-order valence-corrected chi connectivity index (χ4v) is 2.12. The van der Waals surface area contributed by atoms with Crippen molar-refractivity contribution in [3.8, 4) is 0 Å². The summed E-state index contributed by atoms with van der Waals surface area (Å²) in [7, 11) is 0. The summed E-state index contributed by atoms with van der Waals surface area (Å²) in [6.07, 6.45) is 7.59. The lowest BCUT2D eigenvalue weighted by Gasteiger charge is -2.14. The predicted octanol–water partition coefficient (Wildman–Crippen LogP) is 2.62. The molecule has 1 N–H and O–H groups in total. The Kier molecular flexibility index (Phi) is 4.33. The van der Waals surface area contributed by atoms with E-state index in [-0.39, 0.29) is 0 Å². The second kappa shape index (κ2) is 5.98. The minimum atomic E-state index is -0.598. The third-order valence-electron chi connectivity index (χ3n) is 2.82. The maximum absolute atomic E-state index is 10.3. The normalized spacial score (nSPS) is 12.6. The standard InChI is InChI=1S/C13H16ClN3O/c1-2-5-17-9-16-8-12(17)13(18)6-10-3-4-15-7-11(10)14/h3-4,7-9,13,18H,2,5-6H2,1H3. The zero-order valence-corrected chi connectivity index (χ0v) is 11.0. The van der Waals surface area contributed by atoms with Crippen LogP contribution < -0.4 is 0 Å². The molecule has 0 spiro atoms. The quantitative estimate of drug-likeness (QED) is 0.904. The van der Waals surface area contributed by atoms with Crippen LogP contribution in [0.4, 0.5) is 0 Å². The summed E-state index contributed by atoms with van der Waals surface area (Å²) in [4.78, 5) is 8.01. The maximum atomic E-state index is 10.3. The van der Waals surface area contributed by atoms with Crippen molar-refractivity contribution in [3.63, 3.8) is 0 Å². The van der Waals surface area contributed by atoms with Crippen molar-refractivity contribution in [2.75, 3.05) is 0 Å². The van der Waals surface area contributed by atoms with E-state index in [1.165, 1.54) is 0 Å². The van der Waals surface area contributed by atoms with Crippen molar-refractivity contribution in [1.29, 1.82) is 0 Å². The molecule has 2 heterocycles. The van der Waals surface area contributed by atoms with Crippen LogP contribution in [0.15, 0.2) is 31.0 Å². The van der Waals surface area contributed by atoms with Crippen molar-refractivity contribution in [2.24, 2.45) is 0 Å². The molecule has 1 atom stereocenters. The lowest BCUT2D eigenvalue weighted by molar-refractivity contribution is 0.168. The van der Waals surface area contributed by atoms with Gasteiger partial charge >= 0.3 is 0 Å². The molecule has 5 heteroatoms. The summed E-state index contributed by atoms with van der Waals surface area (Å²) in [5.41, 5.74) is 1.72. The summed E-state index contributed by atoms with van der Waals surface area (Å²) < 4.78 is 1.97. The van der Waals surface area contributed by atoms with E-state index >= 15 is 0 Å². The fraction of sp³-hybridized carbons (Fsp3) is 0.385. The second-order valence-corrected chi connectivity index (χ2v) is 4.61. The lowest BCUT2D eigenvalue weighted by atomic mass is 10.1. The summed E-state index contributed by atoms with van der Waals surface area (Å²) in [5, 5.41) is 10.8. The highest BCUT2D eigenvalue weighted by Gasteiger charge is 2.14. The molecule has 0 aliphatic heterocycles. The highest BCUT2D eigenvalue weighted by molar-refractivity contribution is 6.31. The van der Waals surface area contributed by atoms with Crippen LogP contribution in [-0.2, 0) is 13.0 Å². The van der Waals surface area contributed by atoms with Gasteiger partial charge in [0.2, 0.25) is 0 Å². The minimum absolute atomic E-state index is 0.469. The molecule has 1 unspecified atom stereocenters. The van der Waals surface area contributed by atoms with Gasteiger partial charge in [-0.05, 0) is 18.1 Å². The molecule has 0 saturated carbocycles. The highest BCUT2D eigenvalue weighted by atomic mass is 35.5. The average molecular weight is 266 g/mol. The maximum Gasteiger partial charge on any atom is 0.0996 e. The molecule has 96 valence electrons. The first-order chi connectivity index (χ1) is 8.72. The molecule has 2 aromatic heterocycles. The number of hydrogen-bond donors (Lipinski definition) is 1. The number of aliphatic hydroxyl groups is 1. The summed E-state index contributed by atoms with van der Waals surface area (Å²) in [5.74, 6) is 0. The lowest BCUT2D eigenvalue weighted by Crippen LogP contribution is -2.09. The Bertz CT molecular complexity index is 512. The average Bonchev–Trinajstić information content (AvgIpc) is 2.81. The van der Waals surface area contributed by atoms with Gasteiger partial charge in [0.05, 0.1) is 29.3 Å². The van der Waals surface area contributed by atoms with Gasteiger partial charge in [0.15, 0.2) is 0 Å². The Hall–Kier alpha value is -1.39. The third kappa shape index (κ3) is 2.89. The fourth-order valence-electron chi connectivity index (χ4n) is 1.92. The van der Waals surface area contributed by atoms with E-state index in [4.69, 9.17) is 11.6 Å². The molecule has 0 aliphatic rings. The Morgan fingerprint density at radius 2 is 2.22 bits per heavy atom. The Labute approximate surface area is 111 Å². The molecule has 0 saturated heterocycles. The Morgan fingerprint density at radius 1 is 1.39 bits per heavy atom. The van der Waals surface area contributed by atoms with Gasteiger partial charge in [-0.25, -0.2) is 4.98 Å². The Morgan fingerprint density at radius 3 is 2.94 bits per heavy atom. The molecule has 4 nitrogen and oxygen atoms in total. The smallest absolute Gasteiger partial charge is 0.0996 e. The van der Waals surface area contributed by atoms with E-state index in [0.717, 1.165) is 24.2 Å². The summed E-state index contributed by atoms with van der Waals surface area (Å²) in [6, 6.07) is 1.83. The van der Waals surface area contributed by atoms with Crippen LogP contribution in [0.1, 0.15) is 30.7 Å². The molecule has 2 aromatic rings. The van der Waals surface area contributed by atoms with Crippen LogP contribution in [0.5, 0.6) is 0 Å². The van der Waals surface area contributed by atoms with Gasteiger partial charge in [-0.15, -0.1) is 0 Å². The first-order valence-corrected chi connectivity index (χ1v) is 6.36. The number of hydrogen-bond acceptors (Lipinski definition) is 3. The van der Waals surface area contributed by atoms with Gasteiger partial charge < -0.3 is 9.67 Å². The molecular formula is C13H16ClN3O. The van der Waals surface area contributed by atoms with Crippen molar-refractivity contribution in [2.45, 2.75) is 32.4 Å². The van der Waals surface area contributed by atoms with Gasteiger partial charge in [-0.3, -0.25) is 4.98 Å². The van der Waals surface area contributed by atoms with Crippen molar-refractivity contribution >= 4 is 11.6 Å². The molecule has 0 aliphatic carbocycles. The number of imidazole rings is 1. The van der Waals surface area contributed by atoms with E-state index in [9.17, 15) is 5.11 Å².